The number of nitrogens with zero attached hydrogens (tertiary/aromatic N) is 2. The topological polar surface area (TPSA) is 82.8 Å². The van der Waals surface area contributed by atoms with Gasteiger partial charge in [-0.05, 0) is 18.2 Å². The Labute approximate surface area is 110 Å². The number of rotatable bonds is 2. The SMILES string of the molecule is O=C(O)[C@H]1CS[13C]([13c]2[15n]c3ccc(O)cc3s2)=N1. The summed E-state index contributed by atoms with van der Waals surface area (Å²) in [5.41, 5.74) is 0.787. The molecule has 0 radical (unpaired) electrons. The summed E-state index contributed by atoms with van der Waals surface area (Å²) in [5, 5.41) is 19.7. The first-order chi connectivity index (χ1) is 8.63. The third-order valence-electron chi connectivity index (χ3n) is 2.49. The molecule has 3 rings (SSSR count). The van der Waals surface area contributed by atoms with E-state index in [1.165, 1.54) is 23.1 Å². The van der Waals surface area contributed by atoms with Crippen LogP contribution in [0, 0.1) is 0 Å². The maximum Gasteiger partial charge on any atom is 0.329 e. The van der Waals surface area contributed by atoms with E-state index in [1.807, 2.05) is 0 Å². The first kappa shape index (κ1) is 11.5. The van der Waals surface area contributed by atoms with Crippen LogP contribution >= 0.6 is 23.1 Å². The fraction of sp³-hybridized carbons (Fsp3) is 0.182. The highest BCUT2D eigenvalue weighted by atomic mass is 32.2. The van der Waals surface area contributed by atoms with E-state index in [9.17, 15) is 9.90 Å². The van der Waals surface area contributed by atoms with E-state index in [1.54, 1.807) is 18.2 Å². The largest absolute Gasteiger partial charge is 0.508 e. The highest BCUT2D eigenvalue weighted by Gasteiger charge is 2.26. The molecule has 0 saturated heterocycles. The fourth-order valence-electron chi connectivity index (χ4n) is 1.62. The van der Waals surface area contributed by atoms with E-state index in [4.69, 9.17) is 5.11 Å². The smallest absolute Gasteiger partial charge is 0.329 e. The van der Waals surface area contributed by atoms with Gasteiger partial charge in [0.15, 0.2) is 6.04 Å². The number of aliphatic imine (C=N–C) groups is 1. The summed E-state index contributed by atoms with van der Waals surface area (Å²) >= 11 is 2.81. The van der Waals surface area contributed by atoms with E-state index >= 15 is 0 Å². The molecule has 0 bridgehead atoms. The Hall–Kier alpha value is -1.60. The van der Waals surface area contributed by atoms with Crippen LogP contribution in [0.2, 0.25) is 0 Å². The molecule has 0 aliphatic carbocycles. The number of fused-ring (bicyclic) bond motifs is 1. The molecule has 0 saturated carbocycles. The van der Waals surface area contributed by atoms with Crippen LogP contribution in [0.25, 0.3) is 10.2 Å². The van der Waals surface area contributed by atoms with Gasteiger partial charge in [-0.15, -0.1) is 23.1 Å². The molecule has 1 aromatic carbocycles. The number of aromatic nitrogens is 1. The van der Waals surface area contributed by atoms with Crippen LogP contribution in [0.15, 0.2) is 23.2 Å². The minimum absolute atomic E-state index is 0.196. The number of hydrogen-bond acceptors (Lipinski definition) is 6. The van der Waals surface area contributed by atoms with Gasteiger partial charge in [-0.2, -0.15) is 0 Å². The third kappa shape index (κ3) is 1.95. The van der Waals surface area contributed by atoms with Crippen LogP contribution in [0.4, 0.5) is 0 Å². The lowest BCUT2D eigenvalue weighted by Crippen LogP contribution is -2.17. The van der Waals surface area contributed by atoms with Gasteiger partial charge in [-0.25, -0.2) is 9.78 Å². The number of thiazole rings is 1. The number of benzene rings is 1. The predicted molar refractivity (Wildman–Crippen MR) is 71.7 cm³/mol. The van der Waals surface area contributed by atoms with Gasteiger partial charge in [0.25, 0.3) is 0 Å². The molecule has 0 unspecified atom stereocenters. The molecule has 1 aliphatic rings. The van der Waals surface area contributed by atoms with E-state index < -0.39 is 12.0 Å². The van der Waals surface area contributed by atoms with Gasteiger partial charge in [0.05, 0.1) is 10.2 Å². The maximum absolute atomic E-state index is 10.8. The Bertz CT molecular complexity index is 665. The average Bonchev–Trinajstić information content (AvgIpc) is 2.93. The van der Waals surface area contributed by atoms with Crippen LogP contribution < -0.4 is 0 Å². The number of carboxylic acid groups (broad SMARTS) is 1. The van der Waals surface area contributed by atoms with Gasteiger partial charge in [-0.1, -0.05) is 0 Å². The summed E-state index contributed by atoms with van der Waals surface area (Å²) in [6.07, 6.45) is 0. The molecule has 92 valence electrons. The van der Waals surface area contributed by atoms with Gasteiger partial charge in [-0.3, -0.25) is 4.99 Å². The first-order valence-electron chi connectivity index (χ1n) is 5.17. The van der Waals surface area contributed by atoms with Crippen molar-refractivity contribution in [3.8, 4) is 5.75 Å². The maximum atomic E-state index is 10.8. The molecule has 1 aliphatic heterocycles. The quantitative estimate of drug-likeness (QED) is 0.823. The molecular weight excluding hydrogens is 275 g/mol. The van der Waals surface area contributed by atoms with Crippen LogP contribution in [0.3, 0.4) is 0 Å². The number of aromatic hydroxyl groups is 1. The summed E-state index contributed by atoms with van der Waals surface area (Å²) in [4.78, 5) is 19.4. The minimum Gasteiger partial charge on any atom is -0.508 e. The molecule has 7 heteroatoms. The van der Waals surface area contributed by atoms with Gasteiger partial charge in [0.1, 0.15) is 15.8 Å². The van der Waals surface area contributed by atoms with Gasteiger partial charge < -0.3 is 10.2 Å². The van der Waals surface area contributed by atoms with Crippen molar-refractivity contribution in [1.82, 2.24) is 4.98 Å². The molecule has 1 atom stereocenters. The second kappa shape index (κ2) is 4.25. The van der Waals surface area contributed by atoms with Crippen molar-refractivity contribution in [1.29, 1.82) is 0 Å². The van der Waals surface area contributed by atoms with Crippen molar-refractivity contribution in [3.63, 3.8) is 0 Å². The molecule has 1 aromatic heterocycles. The molecular formula is C11H8N2O3S2. The summed E-state index contributed by atoms with van der Waals surface area (Å²) in [5.74, 6) is -0.260. The average molecular weight is 283 g/mol. The molecule has 2 aromatic rings. The second-order valence-electron chi connectivity index (χ2n) is 3.77. The summed E-state index contributed by atoms with van der Waals surface area (Å²) < 4.78 is 0.868. The normalized spacial score (nSPS) is 19.1. The highest BCUT2D eigenvalue weighted by Crippen LogP contribution is 2.31. The second-order valence-corrected chi connectivity index (χ2v) is 5.81. The van der Waals surface area contributed by atoms with Crippen molar-refractivity contribution in [3.05, 3.63) is 23.2 Å². The van der Waals surface area contributed by atoms with Gasteiger partial charge in [0, 0.05) is 5.75 Å². The number of phenols is 1. The van der Waals surface area contributed by atoms with E-state index in [-0.39, 0.29) is 5.75 Å². The number of thioether (sulfide) groups is 1. The Morgan fingerprint density at radius 3 is 3.00 bits per heavy atom. The van der Waals surface area contributed by atoms with Gasteiger partial charge in [0.2, 0.25) is 0 Å². The highest BCUT2D eigenvalue weighted by molar-refractivity contribution is 8.15. The van der Waals surface area contributed by atoms with Crippen LogP contribution in [0.1, 0.15) is 5.01 Å². The fourth-order valence-corrected chi connectivity index (χ4v) is 3.72. The number of phenolic OH excluding ortho intramolecular Hbond substituents is 1. The molecule has 5 nitrogen and oxygen atoms in total. The predicted octanol–water partition coefficient (Wildman–Crippen LogP) is 1.95. The van der Waals surface area contributed by atoms with Crippen molar-refractivity contribution in [2.75, 3.05) is 5.75 Å². The van der Waals surface area contributed by atoms with E-state index in [0.29, 0.717) is 15.8 Å². The zero-order chi connectivity index (χ0) is 12.7. The Kier molecular flexibility index (Phi) is 2.71. The lowest BCUT2D eigenvalue weighted by Gasteiger charge is -1.93. The van der Waals surface area contributed by atoms with Crippen LogP contribution in [-0.2, 0) is 4.79 Å². The molecule has 0 spiro atoms. The summed E-state index contributed by atoms with van der Waals surface area (Å²) in [6.45, 7) is 0. The monoisotopic (exact) mass is 283 g/mol. The van der Waals surface area contributed by atoms with Gasteiger partial charge >= 0.3 is 5.97 Å². The Morgan fingerprint density at radius 1 is 1.44 bits per heavy atom. The standard InChI is InChI=1S/C11H8N2O3S2/c14-5-1-2-6-8(3-5)18-10(12-6)9-13-7(4-17-9)11(15)16/h1-3,7,14H,4H2,(H,15,16)/t7-/m1/s1/i9+1,10+1,12+1. The van der Waals surface area contributed by atoms with Crippen molar-refractivity contribution in [2.24, 2.45) is 4.99 Å². The van der Waals surface area contributed by atoms with Crippen molar-refractivity contribution in [2.45, 2.75) is 6.04 Å². The zero-order valence-corrected chi connectivity index (χ0v) is 10.7. The Morgan fingerprint density at radius 2 is 2.28 bits per heavy atom. The van der Waals surface area contributed by atoms with Crippen LogP contribution in [0.5, 0.6) is 5.75 Å². The van der Waals surface area contributed by atoms with Crippen molar-refractivity contribution < 1.29 is 15.0 Å². The van der Waals surface area contributed by atoms with E-state index in [2.05, 4.69) is 9.98 Å². The summed E-state index contributed by atoms with van der Waals surface area (Å²) in [7, 11) is 0. The minimum atomic E-state index is -0.906. The third-order valence-corrected chi connectivity index (χ3v) is 4.70. The number of aliphatic carboxylic acids is 1. The molecule has 18 heavy (non-hydrogen) atoms. The summed E-state index contributed by atoms with van der Waals surface area (Å²) in [6, 6.07) is 4.28. The number of hydrogen-bond donors (Lipinski definition) is 2. The van der Waals surface area contributed by atoms with Crippen molar-refractivity contribution >= 4 is 44.3 Å². The lowest BCUT2D eigenvalue weighted by atomic mass is 10.3. The number of carbonyl (C=O) groups is 1. The molecule has 2 heterocycles. The number of carboxylic acids is 1. The first-order valence-corrected chi connectivity index (χ1v) is 6.97. The molecule has 2 N–H and O–H groups in total. The lowest BCUT2D eigenvalue weighted by molar-refractivity contribution is -0.137. The Balaban J connectivity index is 2.00. The van der Waals surface area contributed by atoms with Crippen LogP contribution in [-0.4, -0.2) is 38.0 Å². The molecule has 0 fully saturated rings. The van der Waals surface area contributed by atoms with E-state index in [0.717, 1.165) is 10.2 Å². The molecule has 0 amide bonds. The zero-order valence-electron chi connectivity index (χ0n) is 9.03.